The first-order chi connectivity index (χ1) is 10.7. The van der Waals surface area contributed by atoms with Crippen molar-refractivity contribution in [2.75, 3.05) is 7.11 Å². The molecule has 2 aromatic rings. The zero-order valence-electron chi connectivity index (χ0n) is 11.1. The van der Waals surface area contributed by atoms with Crippen molar-refractivity contribution in [3.63, 3.8) is 0 Å². The maximum absolute atomic E-state index is 13.9. The first kappa shape index (κ1) is 16.6. The zero-order valence-corrected chi connectivity index (χ0v) is 11.1. The highest BCUT2D eigenvalue weighted by molar-refractivity contribution is 5.71. The summed E-state index contributed by atoms with van der Waals surface area (Å²) >= 11 is 0. The third-order valence-corrected chi connectivity index (χ3v) is 2.94. The fourth-order valence-electron chi connectivity index (χ4n) is 1.88. The molecular weight excluding hydrogens is 332 g/mol. The van der Waals surface area contributed by atoms with Gasteiger partial charge in [-0.1, -0.05) is 0 Å². The Labute approximate surface area is 124 Å². The molecule has 10 heteroatoms. The lowest BCUT2D eigenvalue weighted by molar-refractivity contribution is -0.385. The van der Waals surface area contributed by atoms with Crippen LogP contribution in [0.25, 0.3) is 11.1 Å². The van der Waals surface area contributed by atoms with E-state index in [4.69, 9.17) is 0 Å². The minimum atomic E-state index is -2.42. The van der Waals surface area contributed by atoms with Gasteiger partial charge in [0.15, 0.2) is 29.0 Å². The number of ether oxygens (including phenoxy) is 1. The monoisotopic (exact) mass is 337 g/mol. The zero-order chi connectivity index (χ0) is 17.5. The summed E-state index contributed by atoms with van der Waals surface area (Å²) in [4.78, 5) is 9.78. The Bertz CT molecular complexity index is 795. The van der Waals surface area contributed by atoms with Gasteiger partial charge in [-0.05, 0) is 0 Å². The summed E-state index contributed by atoms with van der Waals surface area (Å²) in [7, 11) is 0.972. The molecule has 0 aliphatic carbocycles. The van der Waals surface area contributed by atoms with E-state index in [0.717, 1.165) is 7.11 Å². The summed E-state index contributed by atoms with van der Waals surface area (Å²) in [5.74, 6) is -13.7. The Kier molecular flexibility index (Phi) is 4.17. The summed E-state index contributed by atoms with van der Waals surface area (Å²) < 4.78 is 85.2. The van der Waals surface area contributed by atoms with Crippen molar-refractivity contribution >= 4 is 5.69 Å². The van der Waals surface area contributed by atoms with Crippen molar-refractivity contribution < 1.29 is 36.0 Å². The van der Waals surface area contributed by atoms with E-state index in [1.54, 1.807) is 0 Å². The van der Waals surface area contributed by atoms with Crippen LogP contribution in [0.2, 0.25) is 0 Å². The van der Waals surface area contributed by atoms with Gasteiger partial charge in [0.05, 0.1) is 17.6 Å². The van der Waals surface area contributed by atoms with Crippen LogP contribution in [-0.4, -0.2) is 12.0 Å². The maximum Gasteiger partial charge on any atom is 0.311 e. The number of halogens is 6. The molecule has 0 bridgehead atoms. The van der Waals surface area contributed by atoms with Crippen molar-refractivity contribution in [2.24, 2.45) is 0 Å². The van der Waals surface area contributed by atoms with Crippen molar-refractivity contribution in [2.45, 2.75) is 0 Å². The van der Waals surface area contributed by atoms with Gasteiger partial charge in [0, 0.05) is 17.7 Å². The number of methoxy groups -OCH3 is 1. The minimum absolute atomic E-state index is 0.326. The summed E-state index contributed by atoms with van der Waals surface area (Å²) in [5.41, 5.74) is -3.68. The van der Waals surface area contributed by atoms with Crippen LogP contribution in [0.3, 0.4) is 0 Å². The summed E-state index contributed by atoms with van der Waals surface area (Å²) in [6.07, 6.45) is 0. The summed E-state index contributed by atoms with van der Waals surface area (Å²) in [6, 6.07) is 0.734. The second-order valence-corrected chi connectivity index (χ2v) is 4.21. The fourth-order valence-corrected chi connectivity index (χ4v) is 1.88. The van der Waals surface area contributed by atoms with Crippen LogP contribution in [0.15, 0.2) is 12.1 Å². The topological polar surface area (TPSA) is 52.4 Å². The maximum atomic E-state index is 13.9. The van der Waals surface area contributed by atoms with E-state index in [9.17, 15) is 36.5 Å². The number of nitro benzene ring substituents is 1. The van der Waals surface area contributed by atoms with E-state index >= 15 is 0 Å². The van der Waals surface area contributed by atoms with Crippen LogP contribution in [0, 0.1) is 45.0 Å². The first-order valence-electron chi connectivity index (χ1n) is 5.74. The number of hydrogen-bond donors (Lipinski definition) is 0. The molecular formula is C13H5F6NO3. The number of nitrogens with zero attached hydrogens (tertiary/aromatic N) is 1. The third kappa shape index (κ3) is 2.56. The lowest BCUT2D eigenvalue weighted by Crippen LogP contribution is -2.06. The van der Waals surface area contributed by atoms with Crippen LogP contribution in [-0.2, 0) is 0 Å². The number of rotatable bonds is 3. The van der Waals surface area contributed by atoms with Crippen molar-refractivity contribution in [1.29, 1.82) is 0 Å². The van der Waals surface area contributed by atoms with E-state index in [1.807, 2.05) is 0 Å². The lowest BCUT2D eigenvalue weighted by atomic mass is 10.0. The number of nitro groups is 1. The van der Waals surface area contributed by atoms with Crippen molar-refractivity contribution in [3.8, 4) is 16.9 Å². The predicted octanol–water partition coefficient (Wildman–Crippen LogP) is 4.11. The Morgan fingerprint density at radius 2 is 1.39 bits per heavy atom. The van der Waals surface area contributed by atoms with Crippen LogP contribution in [0.5, 0.6) is 5.75 Å². The van der Waals surface area contributed by atoms with E-state index in [2.05, 4.69) is 4.74 Å². The Balaban J connectivity index is 2.88. The van der Waals surface area contributed by atoms with Gasteiger partial charge in [-0.25, -0.2) is 26.3 Å². The van der Waals surface area contributed by atoms with Crippen molar-refractivity contribution in [3.05, 3.63) is 57.2 Å². The Hall–Kier alpha value is -2.78. The van der Waals surface area contributed by atoms with Gasteiger partial charge in [0.25, 0.3) is 0 Å². The molecule has 0 unspecified atom stereocenters. The molecule has 0 N–H and O–H groups in total. The molecule has 0 atom stereocenters. The standard InChI is InChI=1S/C13H5F6NO3/c1-23-7-3-5(14)4(2-6(7)20(21)22)8-9(15)11(17)13(19)12(18)10(8)16/h2-3H,1H3. The van der Waals surface area contributed by atoms with Crippen LogP contribution < -0.4 is 4.74 Å². The molecule has 0 aromatic heterocycles. The molecule has 2 rings (SSSR count). The quantitative estimate of drug-likeness (QED) is 0.278. The number of benzene rings is 2. The Morgan fingerprint density at radius 3 is 1.83 bits per heavy atom. The molecule has 0 heterocycles. The van der Waals surface area contributed by atoms with Gasteiger partial charge < -0.3 is 4.74 Å². The molecule has 0 amide bonds. The van der Waals surface area contributed by atoms with Gasteiger partial charge in [0.2, 0.25) is 5.82 Å². The molecule has 0 saturated carbocycles. The number of hydrogen-bond acceptors (Lipinski definition) is 3. The summed E-state index contributed by atoms with van der Waals surface area (Å²) in [5, 5.41) is 10.8. The Morgan fingerprint density at radius 1 is 0.913 bits per heavy atom. The molecule has 2 aromatic carbocycles. The molecule has 0 fully saturated rings. The average Bonchev–Trinajstić information content (AvgIpc) is 2.51. The lowest BCUT2D eigenvalue weighted by Gasteiger charge is -2.10. The van der Waals surface area contributed by atoms with Crippen LogP contribution in [0.1, 0.15) is 0 Å². The van der Waals surface area contributed by atoms with E-state index in [-0.39, 0.29) is 0 Å². The molecule has 4 nitrogen and oxygen atoms in total. The van der Waals surface area contributed by atoms with Gasteiger partial charge in [0.1, 0.15) is 5.82 Å². The smallest absolute Gasteiger partial charge is 0.311 e. The second kappa shape index (κ2) is 5.78. The molecule has 0 radical (unpaired) electrons. The highest BCUT2D eigenvalue weighted by atomic mass is 19.2. The van der Waals surface area contributed by atoms with Gasteiger partial charge in [-0.2, -0.15) is 0 Å². The third-order valence-electron chi connectivity index (χ3n) is 2.94. The normalized spacial score (nSPS) is 10.7. The van der Waals surface area contributed by atoms with E-state index < -0.39 is 62.4 Å². The first-order valence-corrected chi connectivity index (χ1v) is 5.74. The average molecular weight is 337 g/mol. The van der Waals surface area contributed by atoms with Crippen LogP contribution >= 0.6 is 0 Å². The van der Waals surface area contributed by atoms with Crippen LogP contribution in [0.4, 0.5) is 32.0 Å². The van der Waals surface area contributed by atoms with Gasteiger partial charge in [-0.3, -0.25) is 10.1 Å². The molecule has 0 spiro atoms. The van der Waals surface area contributed by atoms with E-state index in [1.165, 1.54) is 0 Å². The largest absolute Gasteiger partial charge is 0.490 e. The molecule has 0 saturated heterocycles. The predicted molar refractivity (Wildman–Crippen MR) is 64.8 cm³/mol. The van der Waals surface area contributed by atoms with Gasteiger partial charge >= 0.3 is 5.69 Å². The molecule has 0 aliphatic rings. The van der Waals surface area contributed by atoms with Crippen molar-refractivity contribution in [1.82, 2.24) is 0 Å². The fraction of sp³-hybridized carbons (Fsp3) is 0.0769. The SMILES string of the molecule is COc1cc(F)c(-c2c(F)c(F)c(F)c(F)c2F)cc1[N+](=O)[O-]. The molecule has 0 aliphatic heterocycles. The minimum Gasteiger partial charge on any atom is -0.490 e. The molecule has 23 heavy (non-hydrogen) atoms. The van der Waals surface area contributed by atoms with Gasteiger partial charge in [-0.15, -0.1) is 0 Å². The van der Waals surface area contributed by atoms with E-state index in [0.29, 0.717) is 12.1 Å². The molecule has 122 valence electrons. The summed E-state index contributed by atoms with van der Waals surface area (Å²) in [6.45, 7) is 0. The highest BCUT2D eigenvalue weighted by Gasteiger charge is 2.30. The second-order valence-electron chi connectivity index (χ2n) is 4.21. The highest BCUT2D eigenvalue weighted by Crippen LogP contribution is 2.38.